The Morgan fingerprint density at radius 3 is 2.81 bits per heavy atom. The summed E-state index contributed by atoms with van der Waals surface area (Å²) in [5.74, 6) is 1.67. The second kappa shape index (κ2) is 4.80. The van der Waals surface area contributed by atoms with Crippen molar-refractivity contribution in [2.24, 2.45) is 0 Å². The highest BCUT2D eigenvalue weighted by Gasteiger charge is 2.11. The lowest BCUT2D eigenvalue weighted by atomic mass is 10.0. The number of nitrogens with zero attached hydrogens (tertiary/aromatic N) is 2. The van der Waals surface area contributed by atoms with Gasteiger partial charge in [0.15, 0.2) is 0 Å². The molecule has 3 aromatic rings. The number of hydrogen-bond acceptors (Lipinski definition) is 2. The van der Waals surface area contributed by atoms with Crippen LogP contribution >= 0.6 is 0 Å². The molecule has 0 radical (unpaired) electrons. The smallest absolute Gasteiger partial charge is 0.335 e. The number of benzene rings is 1. The van der Waals surface area contributed by atoms with Crippen LogP contribution in [0.15, 0.2) is 42.7 Å². The number of hydrogen-bond donors (Lipinski definition) is 1. The zero-order valence-electron chi connectivity index (χ0n) is 11.4. The lowest BCUT2D eigenvalue weighted by Gasteiger charge is -2.06. The van der Waals surface area contributed by atoms with E-state index in [2.05, 4.69) is 10.9 Å². The van der Waals surface area contributed by atoms with Gasteiger partial charge < -0.3 is 5.11 Å². The largest absolute Gasteiger partial charge is 0.478 e. The molecule has 2 aromatic heterocycles. The van der Waals surface area contributed by atoms with E-state index < -0.39 is 5.97 Å². The first-order chi connectivity index (χ1) is 10.1. The minimum Gasteiger partial charge on any atom is -0.478 e. The molecule has 4 nitrogen and oxygen atoms in total. The molecule has 21 heavy (non-hydrogen) atoms. The number of carbonyl (C=O) groups is 1. The lowest BCUT2D eigenvalue weighted by molar-refractivity contribution is 0.0696. The molecule has 0 fully saturated rings. The molecule has 0 saturated carbocycles. The molecular weight excluding hydrogens is 264 g/mol. The lowest BCUT2D eigenvalue weighted by Crippen LogP contribution is -1.99. The highest BCUT2D eigenvalue weighted by atomic mass is 16.4. The van der Waals surface area contributed by atoms with Crippen LogP contribution in [-0.4, -0.2) is 20.5 Å². The molecule has 4 heteroatoms. The number of aromatic nitrogens is 2. The Labute approximate surface area is 121 Å². The third kappa shape index (κ3) is 2.15. The van der Waals surface area contributed by atoms with Crippen LogP contribution in [0.25, 0.3) is 16.9 Å². The van der Waals surface area contributed by atoms with Gasteiger partial charge in [-0.25, -0.2) is 9.78 Å². The van der Waals surface area contributed by atoms with Crippen LogP contribution in [0.5, 0.6) is 0 Å². The molecule has 0 aliphatic rings. The molecule has 0 aliphatic carbocycles. The fourth-order valence-electron chi connectivity index (χ4n) is 2.34. The van der Waals surface area contributed by atoms with Crippen LogP contribution in [0, 0.1) is 19.3 Å². The van der Waals surface area contributed by atoms with Crippen LogP contribution in [0.4, 0.5) is 0 Å². The number of rotatable bonds is 2. The highest BCUT2D eigenvalue weighted by molar-refractivity contribution is 5.90. The van der Waals surface area contributed by atoms with Crippen LogP contribution < -0.4 is 0 Å². The van der Waals surface area contributed by atoms with Crippen LogP contribution in [0.1, 0.15) is 21.5 Å². The van der Waals surface area contributed by atoms with Crippen molar-refractivity contribution >= 4 is 11.6 Å². The summed E-state index contributed by atoms with van der Waals surface area (Å²) in [5, 5.41) is 9.09. The molecule has 0 amide bonds. The van der Waals surface area contributed by atoms with Gasteiger partial charge in [-0.15, -0.1) is 6.42 Å². The van der Waals surface area contributed by atoms with Gasteiger partial charge in [0.25, 0.3) is 0 Å². The third-order valence-corrected chi connectivity index (χ3v) is 3.42. The van der Waals surface area contributed by atoms with Gasteiger partial charge in [0.2, 0.25) is 0 Å². The summed E-state index contributed by atoms with van der Waals surface area (Å²) >= 11 is 0. The molecule has 102 valence electrons. The van der Waals surface area contributed by atoms with Crippen molar-refractivity contribution in [2.75, 3.05) is 0 Å². The molecule has 0 unspecified atom stereocenters. The van der Waals surface area contributed by atoms with Crippen LogP contribution in [-0.2, 0) is 0 Å². The minimum atomic E-state index is -0.924. The number of carboxylic acids is 1. The predicted molar refractivity (Wildman–Crippen MR) is 80.3 cm³/mol. The number of aromatic carboxylic acids is 1. The average molecular weight is 276 g/mol. The number of carboxylic acid groups (broad SMARTS) is 1. The van der Waals surface area contributed by atoms with Crippen molar-refractivity contribution in [3.8, 4) is 23.6 Å². The normalized spacial score (nSPS) is 10.5. The first-order valence-electron chi connectivity index (χ1n) is 6.38. The molecule has 0 saturated heterocycles. The molecule has 0 bridgehead atoms. The van der Waals surface area contributed by atoms with E-state index in [0.717, 1.165) is 22.5 Å². The van der Waals surface area contributed by atoms with Crippen LogP contribution in [0.3, 0.4) is 0 Å². The van der Waals surface area contributed by atoms with Gasteiger partial charge in [0.05, 0.1) is 17.5 Å². The maximum absolute atomic E-state index is 11.1. The maximum atomic E-state index is 11.1. The fourth-order valence-corrected chi connectivity index (χ4v) is 2.34. The van der Waals surface area contributed by atoms with Crippen molar-refractivity contribution in [3.05, 3.63) is 59.4 Å². The van der Waals surface area contributed by atoms with E-state index in [4.69, 9.17) is 11.5 Å². The molecule has 3 rings (SSSR count). The number of pyridine rings is 1. The molecule has 0 spiro atoms. The summed E-state index contributed by atoms with van der Waals surface area (Å²) in [6.45, 7) is 1.78. The van der Waals surface area contributed by atoms with Crippen molar-refractivity contribution in [1.29, 1.82) is 0 Å². The fraction of sp³-hybridized carbons (Fsp3) is 0.0588. The summed E-state index contributed by atoms with van der Waals surface area (Å²) < 4.78 is 1.91. The molecule has 1 N–H and O–H groups in total. The molecule has 0 aliphatic heterocycles. The molecule has 0 atom stereocenters. The topological polar surface area (TPSA) is 54.6 Å². The zero-order valence-corrected chi connectivity index (χ0v) is 11.4. The van der Waals surface area contributed by atoms with Gasteiger partial charge in [-0.2, -0.15) is 0 Å². The molecular formula is C17H12N2O2. The van der Waals surface area contributed by atoms with E-state index in [0.29, 0.717) is 11.1 Å². The van der Waals surface area contributed by atoms with Gasteiger partial charge in [0, 0.05) is 17.3 Å². The summed E-state index contributed by atoms with van der Waals surface area (Å²) in [6.07, 6.45) is 9.03. The summed E-state index contributed by atoms with van der Waals surface area (Å²) in [6, 6.07) is 8.93. The van der Waals surface area contributed by atoms with E-state index in [1.165, 1.54) is 0 Å². The number of imidazole rings is 1. The van der Waals surface area contributed by atoms with Gasteiger partial charge in [0.1, 0.15) is 5.65 Å². The number of terminal acetylenes is 1. The van der Waals surface area contributed by atoms with E-state index in [-0.39, 0.29) is 0 Å². The van der Waals surface area contributed by atoms with E-state index in [9.17, 15) is 4.79 Å². The Bertz CT molecular complexity index is 901. The van der Waals surface area contributed by atoms with Crippen molar-refractivity contribution in [2.45, 2.75) is 6.92 Å². The summed E-state index contributed by atoms with van der Waals surface area (Å²) in [7, 11) is 0. The first-order valence-corrected chi connectivity index (χ1v) is 6.38. The van der Waals surface area contributed by atoms with Gasteiger partial charge in [-0.3, -0.25) is 4.40 Å². The predicted octanol–water partition coefficient (Wildman–Crippen LogP) is 2.99. The monoisotopic (exact) mass is 276 g/mol. The standard InChI is InChI=1S/C17H12N2O2/c1-3-12-4-7-16-18-9-15(19(16)10-12)13-5-6-14(17(20)21)11(2)8-13/h1,4-10H,2H3,(H,20,21). The summed E-state index contributed by atoms with van der Waals surface area (Å²) in [4.78, 5) is 15.4. The van der Waals surface area contributed by atoms with Crippen molar-refractivity contribution in [3.63, 3.8) is 0 Å². The second-order valence-corrected chi connectivity index (χ2v) is 4.77. The Hall–Kier alpha value is -3.06. The zero-order chi connectivity index (χ0) is 15.0. The Kier molecular flexibility index (Phi) is 2.96. The highest BCUT2D eigenvalue weighted by Crippen LogP contribution is 2.24. The molecule has 2 heterocycles. The third-order valence-electron chi connectivity index (χ3n) is 3.42. The van der Waals surface area contributed by atoms with E-state index in [1.54, 1.807) is 25.3 Å². The van der Waals surface area contributed by atoms with Gasteiger partial charge >= 0.3 is 5.97 Å². The quantitative estimate of drug-likeness (QED) is 0.732. The summed E-state index contributed by atoms with van der Waals surface area (Å²) in [5.41, 5.74) is 4.35. The van der Waals surface area contributed by atoms with E-state index >= 15 is 0 Å². The average Bonchev–Trinajstić information content (AvgIpc) is 2.89. The minimum absolute atomic E-state index is 0.303. The van der Waals surface area contributed by atoms with Gasteiger partial charge in [-0.1, -0.05) is 12.0 Å². The van der Waals surface area contributed by atoms with E-state index in [1.807, 2.05) is 28.8 Å². The van der Waals surface area contributed by atoms with Gasteiger partial charge in [-0.05, 0) is 36.8 Å². The Morgan fingerprint density at radius 2 is 2.14 bits per heavy atom. The van der Waals surface area contributed by atoms with Crippen molar-refractivity contribution in [1.82, 2.24) is 9.38 Å². The number of fused-ring (bicyclic) bond motifs is 1. The molecule has 1 aromatic carbocycles. The first kappa shape index (κ1) is 12.9. The Morgan fingerprint density at radius 1 is 1.33 bits per heavy atom. The Balaban J connectivity index is 2.19. The maximum Gasteiger partial charge on any atom is 0.335 e. The SMILES string of the molecule is C#Cc1ccc2ncc(-c3ccc(C(=O)O)c(C)c3)n2c1. The van der Waals surface area contributed by atoms with Crippen molar-refractivity contribution < 1.29 is 9.90 Å². The van der Waals surface area contributed by atoms with Crippen LogP contribution in [0.2, 0.25) is 0 Å². The second-order valence-electron chi connectivity index (χ2n) is 4.77. The number of aryl methyl sites for hydroxylation is 1.